The summed E-state index contributed by atoms with van der Waals surface area (Å²) in [6.07, 6.45) is 0. The van der Waals surface area contributed by atoms with Crippen LogP contribution in [0.1, 0.15) is 18.8 Å². The van der Waals surface area contributed by atoms with Crippen molar-refractivity contribution in [2.75, 3.05) is 5.75 Å². The number of amides is 1. The van der Waals surface area contributed by atoms with Crippen molar-refractivity contribution >= 4 is 17.7 Å². The topological polar surface area (TPSA) is 83.6 Å². The number of H-pyrrole nitrogens is 1. The number of hydrogen-bond acceptors (Lipinski definition) is 5. The molecule has 0 saturated heterocycles. The van der Waals surface area contributed by atoms with Crippen molar-refractivity contribution in [3.63, 3.8) is 0 Å². The second kappa shape index (κ2) is 6.15. The number of nitrogens with one attached hydrogen (secondary N) is 2. The van der Waals surface area contributed by atoms with E-state index in [9.17, 15) is 4.79 Å². The largest absolute Gasteiger partial charge is 0.345 e. The van der Waals surface area contributed by atoms with Crippen LogP contribution in [0.2, 0.25) is 0 Å². The van der Waals surface area contributed by atoms with Gasteiger partial charge in [-0.15, -0.1) is 22.0 Å². The molecule has 1 amide bonds. The van der Waals surface area contributed by atoms with Crippen LogP contribution < -0.4 is 5.32 Å². The van der Waals surface area contributed by atoms with E-state index in [-0.39, 0.29) is 11.9 Å². The van der Waals surface area contributed by atoms with Gasteiger partial charge in [-0.25, -0.2) is 0 Å². The predicted molar refractivity (Wildman–Crippen MR) is 67.9 cm³/mol. The van der Waals surface area contributed by atoms with Gasteiger partial charge in [0.2, 0.25) is 5.91 Å². The number of carbonyl (C=O) groups is 1. The summed E-state index contributed by atoms with van der Waals surface area (Å²) in [6, 6.07) is 9.54. The van der Waals surface area contributed by atoms with E-state index >= 15 is 0 Å². The van der Waals surface area contributed by atoms with E-state index < -0.39 is 0 Å². The molecule has 0 bridgehead atoms. The predicted octanol–water partition coefficient (Wildman–Crippen LogP) is 1.17. The summed E-state index contributed by atoms with van der Waals surface area (Å²) in [5.41, 5.74) is 0. The number of rotatable bonds is 5. The zero-order valence-corrected chi connectivity index (χ0v) is 10.6. The molecule has 1 atom stereocenters. The Labute approximate surface area is 109 Å². The fraction of sp³-hybridized carbons (Fsp3) is 0.273. The van der Waals surface area contributed by atoms with Gasteiger partial charge in [-0.2, -0.15) is 5.21 Å². The van der Waals surface area contributed by atoms with Crippen molar-refractivity contribution in [2.24, 2.45) is 0 Å². The first kappa shape index (κ1) is 12.6. The molecule has 7 heteroatoms. The highest BCUT2D eigenvalue weighted by atomic mass is 32.2. The van der Waals surface area contributed by atoms with Crippen LogP contribution in [-0.4, -0.2) is 32.3 Å². The van der Waals surface area contributed by atoms with E-state index in [1.807, 2.05) is 37.3 Å². The van der Waals surface area contributed by atoms with Gasteiger partial charge in [-0.3, -0.25) is 4.79 Å². The molecule has 0 aliphatic carbocycles. The van der Waals surface area contributed by atoms with Crippen LogP contribution >= 0.6 is 11.8 Å². The average Bonchev–Trinajstić information content (AvgIpc) is 2.91. The zero-order valence-electron chi connectivity index (χ0n) is 9.83. The van der Waals surface area contributed by atoms with Crippen molar-refractivity contribution in [1.82, 2.24) is 25.9 Å². The van der Waals surface area contributed by atoms with Crippen LogP contribution in [0.25, 0.3) is 0 Å². The fourth-order valence-corrected chi connectivity index (χ4v) is 2.10. The highest BCUT2D eigenvalue weighted by Gasteiger charge is 2.13. The van der Waals surface area contributed by atoms with Crippen LogP contribution in [0.5, 0.6) is 0 Å². The number of aromatic nitrogens is 4. The second-order valence-corrected chi connectivity index (χ2v) is 4.71. The smallest absolute Gasteiger partial charge is 0.230 e. The lowest BCUT2D eigenvalue weighted by Crippen LogP contribution is -2.28. The molecule has 2 N–H and O–H groups in total. The molecule has 2 aromatic rings. The summed E-state index contributed by atoms with van der Waals surface area (Å²) in [5.74, 6) is 0.792. The standard InChI is InChI=1S/C11H13N5OS/c1-8(11-13-15-16-14-11)12-10(17)7-18-9-5-3-2-4-6-9/h2-6,8H,7H2,1H3,(H,12,17)(H,13,14,15,16). The summed E-state index contributed by atoms with van der Waals surface area (Å²) in [6.45, 7) is 1.82. The molecule has 1 heterocycles. The minimum atomic E-state index is -0.243. The first-order chi connectivity index (χ1) is 8.75. The third kappa shape index (κ3) is 3.56. The maximum Gasteiger partial charge on any atom is 0.230 e. The summed E-state index contributed by atoms with van der Waals surface area (Å²) in [5, 5.41) is 16.3. The normalized spacial score (nSPS) is 12.1. The molecule has 2 rings (SSSR count). The first-order valence-electron chi connectivity index (χ1n) is 5.46. The summed E-state index contributed by atoms with van der Waals surface area (Å²) in [4.78, 5) is 12.8. The number of hydrogen-bond donors (Lipinski definition) is 2. The van der Waals surface area contributed by atoms with Gasteiger partial charge in [0, 0.05) is 4.90 Å². The molecule has 6 nitrogen and oxygen atoms in total. The molecular weight excluding hydrogens is 250 g/mol. The minimum absolute atomic E-state index is 0.0545. The number of benzene rings is 1. The average molecular weight is 263 g/mol. The Balaban J connectivity index is 1.79. The molecule has 0 aliphatic heterocycles. The number of nitrogens with zero attached hydrogens (tertiary/aromatic N) is 3. The van der Waals surface area contributed by atoms with Crippen molar-refractivity contribution in [1.29, 1.82) is 0 Å². The van der Waals surface area contributed by atoms with Gasteiger partial charge in [0.15, 0.2) is 5.82 Å². The van der Waals surface area contributed by atoms with Gasteiger partial charge in [0.05, 0.1) is 11.8 Å². The van der Waals surface area contributed by atoms with Gasteiger partial charge < -0.3 is 5.32 Å². The van der Waals surface area contributed by atoms with E-state index in [0.29, 0.717) is 11.6 Å². The maximum absolute atomic E-state index is 11.7. The van der Waals surface area contributed by atoms with Crippen LogP contribution in [0.4, 0.5) is 0 Å². The van der Waals surface area contributed by atoms with Gasteiger partial charge in [0.25, 0.3) is 0 Å². The molecule has 94 valence electrons. The zero-order chi connectivity index (χ0) is 12.8. The van der Waals surface area contributed by atoms with Crippen LogP contribution in [0.3, 0.4) is 0 Å². The molecule has 0 fully saturated rings. The van der Waals surface area contributed by atoms with Crippen LogP contribution in [-0.2, 0) is 4.79 Å². The third-order valence-corrected chi connectivity index (χ3v) is 3.25. The molecule has 1 aromatic carbocycles. The van der Waals surface area contributed by atoms with E-state index in [2.05, 4.69) is 25.9 Å². The lowest BCUT2D eigenvalue weighted by molar-refractivity contribution is -0.119. The highest BCUT2D eigenvalue weighted by molar-refractivity contribution is 8.00. The number of thioether (sulfide) groups is 1. The van der Waals surface area contributed by atoms with Crippen molar-refractivity contribution in [2.45, 2.75) is 17.9 Å². The lowest BCUT2D eigenvalue weighted by atomic mass is 10.3. The lowest BCUT2D eigenvalue weighted by Gasteiger charge is -2.09. The Bertz CT molecular complexity index is 487. The Morgan fingerprint density at radius 3 is 2.89 bits per heavy atom. The molecule has 18 heavy (non-hydrogen) atoms. The van der Waals surface area contributed by atoms with Gasteiger partial charge in [-0.1, -0.05) is 23.4 Å². The molecule has 0 saturated carbocycles. The SMILES string of the molecule is CC(NC(=O)CSc1ccccc1)c1nn[nH]n1. The van der Waals surface area contributed by atoms with Crippen molar-refractivity contribution < 1.29 is 4.79 Å². The molecule has 0 spiro atoms. The number of carbonyl (C=O) groups excluding carboxylic acids is 1. The highest BCUT2D eigenvalue weighted by Crippen LogP contribution is 2.16. The Kier molecular flexibility index (Phi) is 4.30. The van der Waals surface area contributed by atoms with Gasteiger partial charge >= 0.3 is 0 Å². The fourth-order valence-electron chi connectivity index (χ4n) is 1.37. The Morgan fingerprint density at radius 2 is 2.22 bits per heavy atom. The maximum atomic E-state index is 11.7. The summed E-state index contributed by atoms with van der Waals surface area (Å²) in [7, 11) is 0. The summed E-state index contributed by atoms with van der Waals surface area (Å²) >= 11 is 1.49. The second-order valence-electron chi connectivity index (χ2n) is 3.66. The van der Waals surface area contributed by atoms with E-state index in [1.54, 1.807) is 0 Å². The monoisotopic (exact) mass is 263 g/mol. The third-order valence-electron chi connectivity index (χ3n) is 2.24. The van der Waals surface area contributed by atoms with E-state index in [1.165, 1.54) is 11.8 Å². The summed E-state index contributed by atoms with van der Waals surface area (Å²) < 4.78 is 0. The molecule has 0 radical (unpaired) electrons. The Hall–Kier alpha value is -1.89. The quantitative estimate of drug-likeness (QED) is 0.791. The van der Waals surface area contributed by atoms with Crippen LogP contribution in [0, 0.1) is 0 Å². The van der Waals surface area contributed by atoms with E-state index in [0.717, 1.165) is 4.90 Å². The molecule has 1 aromatic heterocycles. The number of aromatic amines is 1. The van der Waals surface area contributed by atoms with Gasteiger partial charge in [-0.05, 0) is 19.1 Å². The molecular formula is C11H13N5OS. The van der Waals surface area contributed by atoms with Crippen LogP contribution in [0.15, 0.2) is 35.2 Å². The van der Waals surface area contributed by atoms with Crippen molar-refractivity contribution in [3.8, 4) is 0 Å². The van der Waals surface area contributed by atoms with Gasteiger partial charge in [0.1, 0.15) is 0 Å². The molecule has 1 unspecified atom stereocenters. The van der Waals surface area contributed by atoms with Crippen molar-refractivity contribution in [3.05, 3.63) is 36.2 Å². The molecule has 0 aliphatic rings. The minimum Gasteiger partial charge on any atom is -0.345 e. The number of tetrazole rings is 1. The Morgan fingerprint density at radius 1 is 1.44 bits per heavy atom. The first-order valence-corrected chi connectivity index (χ1v) is 6.45. The van der Waals surface area contributed by atoms with E-state index in [4.69, 9.17) is 0 Å².